The average Bonchev–Trinajstić information content (AvgIpc) is 2.96. The number of phenols is 2. The van der Waals surface area contributed by atoms with Gasteiger partial charge in [-0.25, -0.2) is 0 Å². The van der Waals surface area contributed by atoms with Crippen molar-refractivity contribution >= 4 is 5.91 Å². The minimum atomic E-state index is -0.696. The van der Waals surface area contributed by atoms with Crippen LogP contribution in [0.1, 0.15) is 5.56 Å². The summed E-state index contributed by atoms with van der Waals surface area (Å²) in [4.78, 5) is 11.9. The molecule has 0 unspecified atom stereocenters. The van der Waals surface area contributed by atoms with Crippen molar-refractivity contribution in [3.63, 3.8) is 0 Å². The molecule has 1 aromatic heterocycles. The standard InChI is InChI=1S/C15H19N3O3/c16-12(9-11-3-4-13(19)14(20)10-11)15(21)17-5-8-18-6-1-2-7-18/h1-4,6-7,10,12,19-20H,5,8-9,16H2,(H,17,21)/t12-/m0/s1. The Labute approximate surface area is 122 Å². The fourth-order valence-electron chi connectivity index (χ4n) is 2.00. The Balaban J connectivity index is 1.80. The lowest BCUT2D eigenvalue weighted by Crippen LogP contribution is -2.43. The van der Waals surface area contributed by atoms with Crippen LogP contribution in [-0.2, 0) is 17.8 Å². The number of benzene rings is 1. The van der Waals surface area contributed by atoms with Gasteiger partial charge in [0.15, 0.2) is 11.5 Å². The fraction of sp³-hybridized carbons (Fsp3) is 0.267. The second-order valence-corrected chi connectivity index (χ2v) is 4.85. The van der Waals surface area contributed by atoms with Gasteiger partial charge in [-0.05, 0) is 36.2 Å². The number of nitrogens with two attached hydrogens (primary N) is 1. The Hall–Kier alpha value is -2.47. The minimum Gasteiger partial charge on any atom is -0.504 e. The van der Waals surface area contributed by atoms with Gasteiger partial charge in [0.2, 0.25) is 5.91 Å². The van der Waals surface area contributed by atoms with Gasteiger partial charge in [0.05, 0.1) is 6.04 Å². The largest absolute Gasteiger partial charge is 0.504 e. The molecule has 1 atom stereocenters. The molecule has 0 saturated heterocycles. The number of nitrogens with one attached hydrogen (secondary N) is 1. The maximum absolute atomic E-state index is 11.9. The van der Waals surface area contributed by atoms with E-state index in [4.69, 9.17) is 5.73 Å². The second-order valence-electron chi connectivity index (χ2n) is 4.85. The van der Waals surface area contributed by atoms with Gasteiger partial charge in [0.1, 0.15) is 0 Å². The summed E-state index contributed by atoms with van der Waals surface area (Å²) >= 11 is 0. The van der Waals surface area contributed by atoms with Crippen molar-refractivity contribution in [3.05, 3.63) is 48.3 Å². The van der Waals surface area contributed by atoms with Crippen LogP contribution in [0, 0.1) is 0 Å². The molecule has 2 aromatic rings. The molecule has 0 aliphatic heterocycles. The number of aromatic nitrogens is 1. The zero-order valence-electron chi connectivity index (χ0n) is 11.6. The molecule has 0 aliphatic rings. The van der Waals surface area contributed by atoms with Crippen molar-refractivity contribution in [1.29, 1.82) is 0 Å². The lowest BCUT2D eigenvalue weighted by molar-refractivity contribution is -0.122. The van der Waals surface area contributed by atoms with E-state index in [2.05, 4.69) is 5.32 Å². The average molecular weight is 289 g/mol. The molecule has 2 rings (SSSR count). The maximum Gasteiger partial charge on any atom is 0.237 e. The SMILES string of the molecule is N[C@@H](Cc1ccc(O)c(O)c1)C(=O)NCCn1cccc1. The zero-order valence-corrected chi connectivity index (χ0v) is 11.6. The highest BCUT2D eigenvalue weighted by molar-refractivity contribution is 5.81. The fourth-order valence-corrected chi connectivity index (χ4v) is 2.00. The molecule has 0 aliphatic carbocycles. The molecule has 0 spiro atoms. The molecule has 0 bridgehead atoms. The maximum atomic E-state index is 11.9. The van der Waals surface area contributed by atoms with E-state index in [-0.39, 0.29) is 17.4 Å². The summed E-state index contributed by atoms with van der Waals surface area (Å²) in [5, 5.41) is 21.4. The first kappa shape index (κ1) is 14.9. The highest BCUT2D eigenvalue weighted by Crippen LogP contribution is 2.25. The number of hydrogen-bond donors (Lipinski definition) is 4. The normalized spacial score (nSPS) is 12.0. The van der Waals surface area contributed by atoms with Gasteiger partial charge in [-0.1, -0.05) is 6.07 Å². The van der Waals surface area contributed by atoms with E-state index in [0.29, 0.717) is 25.1 Å². The summed E-state index contributed by atoms with van der Waals surface area (Å²) in [6, 6.07) is 7.56. The first-order chi connectivity index (χ1) is 10.1. The Morgan fingerprint density at radius 3 is 2.62 bits per heavy atom. The van der Waals surface area contributed by atoms with Crippen LogP contribution in [0.2, 0.25) is 0 Å². The van der Waals surface area contributed by atoms with E-state index in [9.17, 15) is 15.0 Å². The Morgan fingerprint density at radius 1 is 1.24 bits per heavy atom. The molecule has 0 saturated carbocycles. The van der Waals surface area contributed by atoms with Gasteiger partial charge in [-0.3, -0.25) is 4.79 Å². The molecule has 1 amide bonds. The van der Waals surface area contributed by atoms with Crippen LogP contribution < -0.4 is 11.1 Å². The van der Waals surface area contributed by atoms with Gasteiger partial charge in [0.25, 0.3) is 0 Å². The van der Waals surface area contributed by atoms with Crippen molar-refractivity contribution < 1.29 is 15.0 Å². The second kappa shape index (κ2) is 6.81. The van der Waals surface area contributed by atoms with E-state index < -0.39 is 6.04 Å². The molecule has 6 heteroatoms. The highest BCUT2D eigenvalue weighted by Gasteiger charge is 2.14. The van der Waals surface area contributed by atoms with Gasteiger partial charge < -0.3 is 25.8 Å². The predicted molar refractivity (Wildman–Crippen MR) is 78.9 cm³/mol. The summed E-state index contributed by atoms with van der Waals surface area (Å²) in [5.41, 5.74) is 6.53. The summed E-state index contributed by atoms with van der Waals surface area (Å²) in [5.74, 6) is -0.647. The molecular formula is C15H19N3O3. The van der Waals surface area contributed by atoms with Crippen molar-refractivity contribution in [2.24, 2.45) is 5.73 Å². The zero-order chi connectivity index (χ0) is 15.2. The molecule has 0 radical (unpaired) electrons. The third-order valence-electron chi connectivity index (χ3n) is 3.17. The van der Waals surface area contributed by atoms with Crippen LogP contribution in [-0.4, -0.2) is 33.3 Å². The molecule has 1 heterocycles. The Bertz CT molecular complexity index is 596. The summed E-state index contributed by atoms with van der Waals surface area (Å²) < 4.78 is 1.96. The van der Waals surface area contributed by atoms with E-state index in [1.165, 1.54) is 12.1 Å². The third kappa shape index (κ3) is 4.25. The number of hydrogen-bond acceptors (Lipinski definition) is 4. The number of aromatic hydroxyl groups is 2. The van der Waals surface area contributed by atoms with Crippen LogP contribution in [0.5, 0.6) is 11.5 Å². The first-order valence-corrected chi connectivity index (χ1v) is 6.71. The molecule has 21 heavy (non-hydrogen) atoms. The van der Waals surface area contributed by atoms with Gasteiger partial charge >= 0.3 is 0 Å². The predicted octanol–water partition coefficient (Wildman–Crippen LogP) is 0.585. The van der Waals surface area contributed by atoms with Crippen LogP contribution in [0.4, 0.5) is 0 Å². The molecule has 112 valence electrons. The number of nitrogens with zero attached hydrogens (tertiary/aromatic N) is 1. The van der Waals surface area contributed by atoms with Crippen molar-refractivity contribution in [2.45, 2.75) is 19.0 Å². The van der Waals surface area contributed by atoms with Crippen LogP contribution in [0.3, 0.4) is 0 Å². The summed E-state index contributed by atoms with van der Waals surface area (Å²) in [6.45, 7) is 1.19. The lowest BCUT2D eigenvalue weighted by Gasteiger charge is -2.13. The number of amides is 1. The number of carbonyl (C=O) groups is 1. The van der Waals surface area contributed by atoms with Gasteiger partial charge in [-0.2, -0.15) is 0 Å². The lowest BCUT2D eigenvalue weighted by atomic mass is 10.1. The molecule has 6 nitrogen and oxygen atoms in total. The molecular weight excluding hydrogens is 270 g/mol. The van der Waals surface area contributed by atoms with Crippen molar-refractivity contribution in [3.8, 4) is 11.5 Å². The van der Waals surface area contributed by atoms with Gasteiger partial charge in [0, 0.05) is 25.5 Å². The smallest absolute Gasteiger partial charge is 0.237 e. The van der Waals surface area contributed by atoms with Crippen molar-refractivity contribution in [1.82, 2.24) is 9.88 Å². The van der Waals surface area contributed by atoms with E-state index >= 15 is 0 Å². The molecule has 1 aromatic carbocycles. The number of phenolic OH excluding ortho intramolecular Hbond substituents is 2. The van der Waals surface area contributed by atoms with Gasteiger partial charge in [-0.15, -0.1) is 0 Å². The number of carbonyl (C=O) groups excluding carboxylic acids is 1. The topological polar surface area (TPSA) is 101 Å². The van der Waals surface area contributed by atoms with Crippen LogP contribution in [0.25, 0.3) is 0 Å². The monoisotopic (exact) mass is 289 g/mol. The first-order valence-electron chi connectivity index (χ1n) is 6.71. The van der Waals surface area contributed by atoms with Crippen LogP contribution in [0.15, 0.2) is 42.7 Å². The quantitative estimate of drug-likeness (QED) is 0.585. The van der Waals surface area contributed by atoms with E-state index in [1.54, 1.807) is 6.07 Å². The van der Waals surface area contributed by atoms with Crippen molar-refractivity contribution in [2.75, 3.05) is 6.54 Å². The third-order valence-corrected chi connectivity index (χ3v) is 3.17. The summed E-state index contributed by atoms with van der Waals surface area (Å²) in [7, 11) is 0. The summed E-state index contributed by atoms with van der Waals surface area (Å²) in [6.07, 6.45) is 4.14. The highest BCUT2D eigenvalue weighted by atomic mass is 16.3. The molecule has 5 N–H and O–H groups in total. The number of rotatable bonds is 6. The Morgan fingerprint density at radius 2 is 1.95 bits per heavy atom. The van der Waals surface area contributed by atoms with E-state index in [0.717, 1.165) is 0 Å². The van der Waals surface area contributed by atoms with Crippen LogP contribution >= 0.6 is 0 Å². The molecule has 0 fully saturated rings. The van der Waals surface area contributed by atoms with E-state index in [1.807, 2.05) is 29.1 Å². The minimum absolute atomic E-state index is 0.191. The Kier molecular flexibility index (Phi) is 4.84.